The van der Waals surface area contributed by atoms with Gasteiger partial charge in [-0.3, -0.25) is 4.98 Å². The van der Waals surface area contributed by atoms with Crippen LogP contribution in [0.5, 0.6) is 0 Å². The van der Waals surface area contributed by atoms with Gasteiger partial charge in [-0.1, -0.05) is 23.4 Å². The van der Waals surface area contributed by atoms with E-state index in [1.165, 1.54) is 0 Å². The van der Waals surface area contributed by atoms with Crippen molar-refractivity contribution in [3.05, 3.63) is 72.1 Å². The molecule has 6 nitrogen and oxygen atoms in total. The fourth-order valence-electron chi connectivity index (χ4n) is 2.38. The predicted molar refractivity (Wildman–Crippen MR) is 87.0 cm³/mol. The first-order valence-corrected chi connectivity index (χ1v) is 7.54. The lowest BCUT2D eigenvalue weighted by Gasteiger charge is -1.92. The molecule has 3 heterocycles. The molecule has 0 N–H and O–H groups in total. The molecule has 4 rings (SSSR count). The van der Waals surface area contributed by atoms with Crippen LogP contribution in [-0.2, 0) is 6.42 Å². The molecule has 118 valence electrons. The van der Waals surface area contributed by atoms with Crippen molar-refractivity contribution in [2.75, 3.05) is 0 Å². The molecule has 24 heavy (non-hydrogen) atoms. The minimum Gasteiger partial charge on any atom is -0.441 e. The van der Waals surface area contributed by atoms with Crippen molar-refractivity contribution in [3.63, 3.8) is 0 Å². The average Bonchev–Trinajstić information content (AvgIpc) is 3.24. The number of aryl methyl sites for hydroxylation is 1. The minimum atomic E-state index is 0.455. The molecule has 1 aromatic carbocycles. The van der Waals surface area contributed by atoms with Gasteiger partial charge in [0, 0.05) is 23.5 Å². The Kier molecular flexibility index (Phi) is 3.63. The third-order valence-corrected chi connectivity index (χ3v) is 3.63. The summed E-state index contributed by atoms with van der Waals surface area (Å²) in [6.07, 6.45) is 3.83. The summed E-state index contributed by atoms with van der Waals surface area (Å²) in [7, 11) is 0. The van der Waals surface area contributed by atoms with Crippen LogP contribution in [-0.4, -0.2) is 20.1 Å². The van der Waals surface area contributed by atoms with E-state index in [0.29, 0.717) is 24.0 Å². The molecule has 0 saturated heterocycles. The van der Waals surface area contributed by atoms with Crippen molar-refractivity contribution in [1.29, 1.82) is 0 Å². The van der Waals surface area contributed by atoms with Gasteiger partial charge in [0.15, 0.2) is 5.82 Å². The number of aromatic nitrogens is 4. The summed E-state index contributed by atoms with van der Waals surface area (Å²) >= 11 is 0. The molecule has 0 aliphatic carbocycles. The molecule has 0 unspecified atom stereocenters. The standard InChI is InChI=1S/C18H14N4O2/c1-12-15(20-17(23-12)13-5-3-2-4-6-13)11-16-21-18(24-22-16)14-7-9-19-10-8-14/h2-10H,11H2,1H3. The first kappa shape index (κ1) is 14.3. The summed E-state index contributed by atoms with van der Waals surface area (Å²) in [5.41, 5.74) is 2.58. The highest BCUT2D eigenvalue weighted by Gasteiger charge is 2.15. The zero-order valence-corrected chi connectivity index (χ0v) is 13.0. The maximum absolute atomic E-state index is 5.76. The van der Waals surface area contributed by atoms with Gasteiger partial charge in [0.05, 0.1) is 12.1 Å². The van der Waals surface area contributed by atoms with Crippen LogP contribution in [0.1, 0.15) is 17.3 Å². The lowest BCUT2D eigenvalue weighted by molar-refractivity contribution is 0.423. The lowest BCUT2D eigenvalue weighted by Crippen LogP contribution is -1.93. The Morgan fingerprint density at radius 1 is 0.875 bits per heavy atom. The van der Waals surface area contributed by atoms with Gasteiger partial charge < -0.3 is 8.94 Å². The molecule has 0 fully saturated rings. The van der Waals surface area contributed by atoms with Crippen molar-refractivity contribution < 1.29 is 8.94 Å². The normalized spacial score (nSPS) is 10.9. The highest BCUT2D eigenvalue weighted by atomic mass is 16.5. The second kappa shape index (κ2) is 6.08. The van der Waals surface area contributed by atoms with Crippen LogP contribution in [0.3, 0.4) is 0 Å². The molecular weight excluding hydrogens is 304 g/mol. The molecule has 0 atom stereocenters. The first-order chi connectivity index (χ1) is 11.8. The third-order valence-electron chi connectivity index (χ3n) is 3.63. The molecule has 6 heteroatoms. The zero-order chi connectivity index (χ0) is 16.4. The Balaban J connectivity index is 1.58. The fourth-order valence-corrected chi connectivity index (χ4v) is 2.38. The van der Waals surface area contributed by atoms with Crippen molar-refractivity contribution >= 4 is 0 Å². The topological polar surface area (TPSA) is 77.8 Å². The molecular formula is C18H14N4O2. The van der Waals surface area contributed by atoms with Crippen LogP contribution in [0, 0.1) is 6.92 Å². The van der Waals surface area contributed by atoms with Crippen molar-refractivity contribution in [2.45, 2.75) is 13.3 Å². The van der Waals surface area contributed by atoms with E-state index in [-0.39, 0.29) is 0 Å². The summed E-state index contributed by atoms with van der Waals surface area (Å²) in [4.78, 5) is 12.9. The van der Waals surface area contributed by atoms with E-state index in [4.69, 9.17) is 8.94 Å². The van der Waals surface area contributed by atoms with Crippen LogP contribution < -0.4 is 0 Å². The first-order valence-electron chi connectivity index (χ1n) is 7.54. The van der Waals surface area contributed by atoms with Crippen molar-refractivity contribution in [2.24, 2.45) is 0 Å². The minimum absolute atomic E-state index is 0.455. The molecule has 0 aliphatic rings. The number of pyridine rings is 1. The fraction of sp³-hybridized carbons (Fsp3) is 0.111. The van der Waals surface area contributed by atoms with E-state index < -0.39 is 0 Å². The smallest absolute Gasteiger partial charge is 0.258 e. The second-order valence-corrected chi connectivity index (χ2v) is 5.32. The average molecular weight is 318 g/mol. The Hall–Kier alpha value is -3.28. The predicted octanol–water partition coefficient (Wildman–Crippen LogP) is 3.69. The number of oxazole rings is 1. The SMILES string of the molecule is Cc1oc(-c2ccccc2)nc1Cc1noc(-c2ccncc2)n1. The van der Waals surface area contributed by atoms with Gasteiger partial charge >= 0.3 is 0 Å². The van der Waals surface area contributed by atoms with Crippen LogP contribution in [0.15, 0.2) is 63.8 Å². The second-order valence-electron chi connectivity index (χ2n) is 5.32. The Bertz CT molecular complexity index is 946. The largest absolute Gasteiger partial charge is 0.441 e. The zero-order valence-electron chi connectivity index (χ0n) is 13.0. The summed E-state index contributed by atoms with van der Waals surface area (Å²) in [5, 5.41) is 4.02. The van der Waals surface area contributed by atoms with E-state index in [9.17, 15) is 0 Å². The van der Waals surface area contributed by atoms with Crippen molar-refractivity contribution in [3.8, 4) is 22.9 Å². The van der Waals surface area contributed by atoms with Gasteiger partial charge in [-0.15, -0.1) is 0 Å². The summed E-state index contributed by atoms with van der Waals surface area (Å²) in [6, 6.07) is 13.4. The quantitative estimate of drug-likeness (QED) is 0.571. The summed E-state index contributed by atoms with van der Waals surface area (Å²) in [5.74, 6) is 2.39. The summed E-state index contributed by atoms with van der Waals surface area (Å²) in [6.45, 7) is 1.89. The van der Waals surface area contributed by atoms with Crippen LogP contribution in [0.25, 0.3) is 22.9 Å². The number of rotatable bonds is 4. The monoisotopic (exact) mass is 318 g/mol. The van der Waals surface area contributed by atoms with Crippen LogP contribution in [0.2, 0.25) is 0 Å². The molecule has 0 spiro atoms. The number of hydrogen-bond donors (Lipinski definition) is 0. The van der Waals surface area contributed by atoms with E-state index in [1.807, 2.05) is 49.4 Å². The van der Waals surface area contributed by atoms with Crippen molar-refractivity contribution in [1.82, 2.24) is 20.1 Å². The van der Waals surface area contributed by atoms with Gasteiger partial charge in [-0.05, 0) is 31.2 Å². The molecule has 4 aromatic rings. The molecule has 3 aromatic heterocycles. The number of hydrogen-bond acceptors (Lipinski definition) is 6. The van der Waals surface area contributed by atoms with Gasteiger partial charge in [-0.2, -0.15) is 4.98 Å². The van der Waals surface area contributed by atoms with Crippen LogP contribution in [0.4, 0.5) is 0 Å². The Morgan fingerprint density at radius 2 is 1.62 bits per heavy atom. The molecule has 0 radical (unpaired) electrons. The maximum Gasteiger partial charge on any atom is 0.258 e. The van der Waals surface area contributed by atoms with Crippen LogP contribution >= 0.6 is 0 Å². The molecule has 0 aliphatic heterocycles. The van der Waals surface area contributed by atoms with Gasteiger partial charge in [0.2, 0.25) is 5.89 Å². The van der Waals surface area contributed by atoms with Gasteiger partial charge in [-0.25, -0.2) is 4.98 Å². The maximum atomic E-state index is 5.76. The van der Waals surface area contributed by atoms with E-state index in [2.05, 4.69) is 20.1 Å². The molecule has 0 amide bonds. The third kappa shape index (κ3) is 2.81. The van der Waals surface area contributed by atoms with Gasteiger partial charge in [0.25, 0.3) is 5.89 Å². The highest BCUT2D eigenvalue weighted by Crippen LogP contribution is 2.23. The summed E-state index contributed by atoms with van der Waals surface area (Å²) < 4.78 is 11.1. The molecule has 0 bridgehead atoms. The number of nitrogens with zero attached hydrogens (tertiary/aromatic N) is 4. The highest BCUT2D eigenvalue weighted by molar-refractivity contribution is 5.53. The van der Waals surface area contributed by atoms with E-state index in [0.717, 1.165) is 22.6 Å². The van der Waals surface area contributed by atoms with E-state index >= 15 is 0 Å². The number of benzene rings is 1. The Labute approximate surface area is 138 Å². The molecule has 0 saturated carbocycles. The van der Waals surface area contributed by atoms with E-state index in [1.54, 1.807) is 12.4 Å². The lowest BCUT2D eigenvalue weighted by atomic mass is 10.2. The Morgan fingerprint density at radius 3 is 2.42 bits per heavy atom. The van der Waals surface area contributed by atoms with Gasteiger partial charge in [0.1, 0.15) is 5.76 Å².